The van der Waals surface area contributed by atoms with Crippen molar-refractivity contribution < 1.29 is 9.47 Å². The average Bonchev–Trinajstić information content (AvgIpc) is 2.90. The van der Waals surface area contributed by atoms with Crippen LogP contribution in [-0.2, 0) is 0 Å². The summed E-state index contributed by atoms with van der Waals surface area (Å²) in [6.07, 6.45) is 6.47. The Morgan fingerprint density at radius 2 is 1.74 bits per heavy atom. The van der Waals surface area contributed by atoms with Crippen molar-refractivity contribution in [2.75, 3.05) is 14.2 Å². The van der Waals surface area contributed by atoms with Crippen molar-refractivity contribution >= 4 is 0 Å². The number of hydrogen-bond donors (Lipinski definition) is 1. The molecule has 1 aliphatic rings. The molecule has 0 aromatic heterocycles. The number of nitrogens with two attached hydrogens (primary N) is 1. The summed E-state index contributed by atoms with van der Waals surface area (Å²) in [5, 5.41) is 0. The minimum atomic E-state index is 0.0999. The molecular formula is C16H25NO2. The lowest BCUT2D eigenvalue weighted by atomic mass is 9.91. The van der Waals surface area contributed by atoms with Gasteiger partial charge in [-0.1, -0.05) is 25.7 Å². The van der Waals surface area contributed by atoms with Crippen LogP contribution in [-0.4, -0.2) is 14.2 Å². The average molecular weight is 263 g/mol. The standard InChI is InChI=1S/C16H25NO2/c1-11-8-15(18-2)16(19-3)10-13(11)14(17)9-12-6-4-5-7-12/h8,10,12,14H,4-7,9,17H2,1-3H3. The van der Waals surface area contributed by atoms with E-state index in [9.17, 15) is 0 Å². The zero-order valence-corrected chi connectivity index (χ0v) is 12.2. The van der Waals surface area contributed by atoms with Crippen molar-refractivity contribution in [3.63, 3.8) is 0 Å². The highest BCUT2D eigenvalue weighted by Gasteiger charge is 2.21. The fourth-order valence-corrected chi connectivity index (χ4v) is 3.13. The van der Waals surface area contributed by atoms with Gasteiger partial charge in [0, 0.05) is 6.04 Å². The zero-order valence-electron chi connectivity index (χ0n) is 12.2. The molecule has 1 aromatic carbocycles. The van der Waals surface area contributed by atoms with Crippen LogP contribution in [0.1, 0.15) is 49.3 Å². The maximum absolute atomic E-state index is 6.39. The van der Waals surface area contributed by atoms with E-state index in [-0.39, 0.29) is 6.04 Å². The minimum Gasteiger partial charge on any atom is -0.493 e. The van der Waals surface area contributed by atoms with Gasteiger partial charge in [0.15, 0.2) is 11.5 Å². The molecular weight excluding hydrogens is 238 g/mol. The Balaban J connectivity index is 2.17. The molecule has 0 bridgehead atoms. The normalized spacial score (nSPS) is 17.5. The topological polar surface area (TPSA) is 44.5 Å². The molecule has 0 spiro atoms. The molecule has 106 valence electrons. The summed E-state index contributed by atoms with van der Waals surface area (Å²) in [5.74, 6) is 2.34. The molecule has 1 atom stereocenters. The van der Waals surface area contributed by atoms with E-state index in [2.05, 4.69) is 6.92 Å². The van der Waals surface area contributed by atoms with Gasteiger partial charge in [-0.25, -0.2) is 0 Å². The first-order chi connectivity index (χ1) is 9.15. The van der Waals surface area contributed by atoms with Crippen LogP contribution in [0, 0.1) is 12.8 Å². The van der Waals surface area contributed by atoms with Gasteiger partial charge >= 0.3 is 0 Å². The van der Waals surface area contributed by atoms with Crippen molar-refractivity contribution in [2.24, 2.45) is 11.7 Å². The van der Waals surface area contributed by atoms with Gasteiger partial charge in [0.25, 0.3) is 0 Å². The number of rotatable bonds is 5. The molecule has 0 radical (unpaired) electrons. The summed E-state index contributed by atoms with van der Waals surface area (Å²) >= 11 is 0. The molecule has 1 saturated carbocycles. The van der Waals surface area contributed by atoms with Gasteiger partial charge < -0.3 is 15.2 Å². The van der Waals surface area contributed by atoms with Crippen molar-refractivity contribution in [3.05, 3.63) is 23.3 Å². The summed E-state index contributed by atoms with van der Waals surface area (Å²) in [7, 11) is 3.33. The van der Waals surface area contributed by atoms with E-state index < -0.39 is 0 Å². The van der Waals surface area contributed by atoms with Gasteiger partial charge in [-0.2, -0.15) is 0 Å². The van der Waals surface area contributed by atoms with E-state index in [1.54, 1.807) is 14.2 Å². The lowest BCUT2D eigenvalue weighted by Crippen LogP contribution is -2.15. The molecule has 0 saturated heterocycles. The Kier molecular flexibility index (Phi) is 4.70. The maximum Gasteiger partial charge on any atom is 0.161 e. The Hall–Kier alpha value is -1.22. The Bertz CT molecular complexity index is 425. The second-order valence-corrected chi connectivity index (χ2v) is 5.56. The van der Waals surface area contributed by atoms with Gasteiger partial charge in [0.2, 0.25) is 0 Å². The highest BCUT2D eigenvalue weighted by molar-refractivity contribution is 5.48. The molecule has 0 heterocycles. The van der Waals surface area contributed by atoms with Crippen LogP contribution >= 0.6 is 0 Å². The molecule has 2 rings (SSSR count). The Labute approximate surface area is 116 Å². The number of ether oxygens (including phenoxy) is 2. The predicted octanol–water partition coefficient (Wildman–Crippen LogP) is 3.59. The Morgan fingerprint density at radius 1 is 1.16 bits per heavy atom. The monoisotopic (exact) mass is 263 g/mol. The van der Waals surface area contributed by atoms with Crippen LogP contribution in [0.4, 0.5) is 0 Å². The van der Waals surface area contributed by atoms with Crippen molar-refractivity contribution in [2.45, 2.75) is 45.1 Å². The second kappa shape index (κ2) is 6.29. The first-order valence-electron chi connectivity index (χ1n) is 7.13. The molecule has 1 unspecified atom stereocenters. The van der Waals surface area contributed by atoms with E-state index in [0.717, 1.165) is 23.8 Å². The molecule has 0 aliphatic heterocycles. The number of aryl methyl sites for hydroxylation is 1. The van der Waals surface area contributed by atoms with E-state index in [4.69, 9.17) is 15.2 Å². The third-order valence-corrected chi connectivity index (χ3v) is 4.23. The third kappa shape index (κ3) is 3.21. The molecule has 1 fully saturated rings. The van der Waals surface area contributed by atoms with Crippen LogP contribution in [0.3, 0.4) is 0 Å². The van der Waals surface area contributed by atoms with E-state index in [1.165, 1.54) is 36.8 Å². The van der Waals surface area contributed by atoms with Crippen LogP contribution in [0.2, 0.25) is 0 Å². The summed E-state index contributed by atoms with van der Waals surface area (Å²) in [4.78, 5) is 0. The summed E-state index contributed by atoms with van der Waals surface area (Å²) in [6.45, 7) is 2.09. The van der Waals surface area contributed by atoms with Crippen LogP contribution < -0.4 is 15.2 Å². The SMILES string of the molecule is COc1cc(C)c(C(N)CC2CCCC2)cc1OC. The zero-order chi connectivity index (χ0) is 13.8. The molecule has 3 nitrogen and oxygen atoms in total. The number of benzene rings is 1. The third-order valence-electron chi connectivity index (χ3n) is 4.23. The lowest BCUT2D eigenvalue weighted by molar-refractivity contribution is 0.353. The van der Waals surface area contributed by atoms with Crippen LogP contribution in [0.5, 0.6) is 11.5 Å². The van der Waals surface area contributed by atoms with Gasteiger partial charge in [0.1, 0.15) is 0 Å². The van der Waals surface area contributed by atoms with Crippen molar-refractivity contribution in [3.8, 4) is 11.5 Å². The predicted molar refractivity (Wildman–Crippen MR) is 77.8 cm³/mol. The van der Waals surface area contributed by atoms with Gasteiger partial charge in [-0.05, 0) is 42.5 Å². The molecule has 1 aromatic rings. The summed E-state index contributed by atoms with van der Waals surface area (Å²) < 4.78 is 10.7. The van der Waals surface area contributed by atoms with Crippen molar-refractivity contribution in [1.29, 1.82) is 0 Å². The first-order valence-corrected chi connectivity index (χ1v) is 7.13. The minimum absolute atomic E-state index is 0.0999. The highest BCUT2D eigenvalue weighted by Crippen LogP contribution is 2.36. The summed E-state index contributed by atoms with van der Waals surface area (Å²) in [6, 6.07) is 4.15. The van der Waals surface area contributed by atoms with Gasteiger partial charge in [0.05, 0.1) is 14.2 Å². The van der Waals surface area contributed by atoms with Crippen molar-refractivity contribution in [1.82, 2.24) is 0 Å². The van der Waals surface area contributed by atoms with E-state index >= 15 is 0 Å². The van der Waals surface area contributed by atoms with E-state index in [0.29, 0.717) is 0 Å². The highest BCUT2D eigenvalue weighted by atomic mass is 16.5. The van der Waals surface area contributed by atoms with Gasteiger partial charge in [-0.15, -0.1) is 0 Å². The Morgan fingerprint density at radius 3 is 2.32 bits per heavy atom. The largest absolute Gasteiger partial charge is 0.493 e. The van der Waals surface area contributed by atoms with Crippen LogP contribution in [0.15, 0.2) is 12.1 Å². The maximum atomic E-state index is 6.39. The fraction of sp³-hybridized carbons (Fsp3) is 0.625. The molecule has 2 N–H and O–H groups in total. The molecule has 0 amide bonds. The van der Waals surface area contributed by atoms with Gasteiger partial charge in [-0.3, -0.25) is 0 Å². The molecule has 19 heavy (non-hydrogen) atoms. The number of hydrogen-bond acceptors (Lipinski definition) is 3. The quantitative estimate of drug-likeness (QED) is 0.883. The molecule has 1 aliphatic carbocycles. The smallest absolute Gasteiger partial charge is 0.161 e. The fourth-order valence-electron chi connectivity index (χ4n) is 3.13. The molecule has 3 heteroatoms. The first kappa shape index (κ1) is 14.2. The lowest BCUT2D eigenvalue weighted by Gasteiger charge is -2.20. The second-order valence-electron chi connectivity index (χ2n) is 5.56. The summed E-state index contributed by atoms with van der Waals surface area (Å²) in [5.41, 5.74) is 8.76. The van der Waals surface area contributed by atoms with E-state index in [1.807, 2.05) is 12.1 Å². The van der Waals surface area contributed by atoms with Crippen LogP contribution in [0.25, 0.3) is 0 Å². The number of methoxy groups -OCH3 is 2.